The summed E-state index contributed by atoms with van der Waals surface area (Å²) < 4.78 is 16.1. The highest BCUT2D eigenvalue weighted by Gasteiger charge is 2.34. The fraction of sp³-hybridized carbons (Fsp3) is 0.461. The van der Waals surface area contributed by atoms with Crippen molar-refractivity contribution >= 4 is 243 Å². The van der Waals surface area contributed by atoms with E-state index in [9.17, 15) is 9.59 Å². The van der Waals surface area contributed by atoms with E-state index in [2.05, 4.69) is 152 Å². The van der Waals surface area contributed by atoms with Gasteiger partial charge < -0.3 is 19.7 Å². The van der Waals surface area contributed by atoms with Crippen LogP contribution in [0, 0.1) is 13.1 Å². The molecule has 5 rings (SSSR count). The van der Waals surface area contributed by atoms with Crippen molar-refractivity contribution in [2.75, 3.05) is 37.6 Å². The van der Waals surface area contributed by atoms with Gasteiger partial charge in [0, 0.05) is 54.3 Å². The standard InChI is InChI=1S/C16H16S2.C13H15NS2.C11H14S3.C11H14S2.C10H15NO2S3.C8H14O2S3.C7H14O2S2/c1-16(2,14-11-7-4-8-12-14)18-15(17)13-9-5-3-6-10-13;1-4-10-13(2,14-3)16-12(15)11-8-6-5-7-9-11;1-2-8-13-11(12)14-9-10-6-4-3-5-7-10;1-11(2,3)13-10(12)9-7-5-4-6-8-9;1-4-7-15-9(14)16-10(2,11-3)6-5-8(12)13;1-3-4-5-12-8(11)13-6(2)7(9)10;1-4-9-7(10)11-6(2)5-8-3/h3-12H,1-2H3;5-9H,4,10H2,1-2H3;3-7H,2,8-9H2,1H3;4-8H,1-3H3;4-7H2,1-2H3,(H,12,13);6H,3-5H2,1-2H3,(H,9,10);6H,4-5H2,1-3H3. The van der Waals surface area contributed by atoms with E-state index in [-0.39, 0.29) is 15.9 Å². The molecule has 0 spiro atoms. The summed E-state index contributed by atoms with van der Waals surface area (Å²) in [5, 5.41) is 17.2. The number of thioether (sulfide) groups is 10. The maximum absolute atomic E-state index is 10.5. The lowest BCUT2D eigenvalue weighted by Crippen LogP contribution is -2.18. The first-order chi connectivity index (χ1) is 47.7. The van der Waals surface area contributed by atoms with Crippen LogP contribution in [0.5, 0.6) is 0 Å². The van der Waals surface area contributed by atoms with Crippen molar-refractivity contribution in [1.29, 1.82) is 0 Å². The van der Waals surface area contributed by atoms with Crippen molar-refractivity contribution < 1.29 is 29.3 Å². The molecule has 0 amide bonds. The minimum absolute atomic E-state index is 0.00577. The summed E-state index contributed by atoms with van der Waals surface area (Å²) in [4.78, 5) is 27.0. The third kappa shape index (κ3) is 55.0. The van der Waals surface area contributed by atoms with E-state index in [1.54, 1.807) is 91.5 Å². The molecule has 0 fully saturated rings. The maximum Gasteiger partial charge on any atom is 0.316 e. The average molecular weight is 1680 g/mol. The van der Waals surface area contributed by atoms with Crippen molar-refractivity contribution in [3.05, 3.63) is 202 Å². The molecule has 5 aromatic carbocycles. The van der Waals surface area contributed by atoms with Gasteiger partial charge in [-0.2, -0.15) is 0 Å². The lowest BCUT2D eigenvalue weighted by molar-refractivity contribution is -0.137. The molecular weight excluding hydrogens is 1580 g/mol. The van der Waals surface area contributed by atoms with Gasteiger partial charge in [-0.3, -0.25) is 19.3 Å². The Hall–Kier alpha value is -2.09. The Kier molecular flexibility index (Phi) is 60.8. The summed E-state index contributed by atoms with van der Waals surface area (Å²) >= 11 is 52.3. The highest BCUT2D eigenvalue weighted by molar-refractivity contribution is 8.48. The second kappa shape index (κ2) is 60.9. The van der Waals surface area contributed by atoms with Crippen LogP contribution in [-0.4, -0.2) is 112 Å². The molecule has 4 atom stereocenters. The number of unbranched alkanes of at least 4 members (excludes halogenated alkanes) is 1. The molecule has 0 saturated heterocycles. The number of benzene rings is 5. The first-order valence-electron chi connectivity index (χ1n) is 32.7. The maximum atomic E-state index is 10.5. The smallest absolute Gasteiger partial charge is 0.316 e. The first-order valence-corrected chi connectivity index (χ1v) is 44.5. The summed E-state index contributed by atoms with van der Waals surface area (Å²) in [7, 11) is 1.68. The van der Waals surface area contributed by atoms with Gasteiger partial charge in [-0.05, 0) is 134 Å². The van der Waals surface area contributed by atoms with Crippen molar-refractivity contribution in [2.24, 2.45) is 0 Å². The molecular formula is C76H102N2O6S17. The van der Waals surface area contributed by atoms with Crippen molar-refractivity contribution in [3.8, 4) is 0 Å². The number of rotatable bonds is 27. The molecule has 5 aromatic rings. The van der Waals surface area contributed by atoms with Crippen LogP contribution >= 0.6 is 203 Å². The van der Waals surface area contributed by atoms with E-state index in [1.165, 1.54) is 64.6 Å². The van der Waals surface area contributed by atoms with E-state index in [1.807, 2.05) is 92.7 Å². The molecule has 101 heavy (non-hydrogen) atoms. The van der Waals surface area contributed by atoms with Gasteiger partial charge in [-0.25, -0.2) is 13.1 Å². The topological polar surface area (TPSA) is 102 Å². The number of carboxylic acids is 2. The fourth-order valence-electron chi connectivity index (χ4n) is 7.02. The second-order valence-electron chi connectivity index (χ2n) is 23.2. The molecule has 0 bridgehead atoms. The van der Waals surface area contributed by atoms with Crippen LogP contribution in [0.2, 0.25) is 0 Å². The number of carbonyl (C=O) groups is 2. The van der Waals surface area contributed by atoms with Crippen molar-refractivity contribution in [1.82, 2.24) is 0 Å². The van der Waals surface area contributed by atoms with Crippen LogP contribution in [-0.2, 0) is 29.6 Å². The Bertz CT molecular complexity index is 3240. The molecule has 0 saturated carbocycles. The number of carboxylic acid groups (broad SMARTS) is 2. The minimum atomic E-state index is -0.873. The third-order valence-corrected chi connectivity index (χ3v) is 27.0. The van der Waals surface area contributed by atoms with Crippen LogP contribution in [0.1, 0.15) is 176 Å². The lowest BCUT2D eigenvalue weighted by atomic mass is 10.0. The van der Waals surface area contributed by atoms with E-state index < -0.39 is 26.9 Å². The average Bonchev–Trinajstić information content (AvgIpc) is 0.867. The van der Waals surface area contributed by atoms with Crippen LogP contribution in [0.15, 0.2) is 152 Å². The van der Waals surface area contributed by atoms with Crippen LogP contribution < -0.4 is 0 Å². The fourth-order valence-corrected chi connectivity index (χ4v) is 20.9. The monoisotopic (exact) mass is 1680 g/mol. The number of thiocarbonyl (C=S) groups is 7. The Morgan fingerprint density at radius 3 is 1.34 bits per heavy atom. The summed E-state index contributed by atoms with van der Waals surface area (Å²) in [6, 6.07) is 51.2. The largest absolute Gasteiger partial charge is 0.481 e. The number of aliphatic carboxylic acids is 2. The van der Waals surface area contributed by atoms with Gasteiger partial charge >= 0.3 is 11.9 Å². The molecule has 2 N–H and O–H groups in total. The van der Waals surface area contributed by atoms with Gasteiger partial charge in [-0.1, -0.05) is 310 Å². The van der Waals surface area contributed by atoms with E-state index in [0.29, 0.717) is 29.3 Å². The zero-order valence-electron chi connectivity index (χ0n) is 60.9. The molecule has 0 aliphatic heterocycles. The molecule has 8 nitrogen and oxygen atoms in total. The zero-order chi connectivity index (χ0) is 76.7. The quantitative estimate of drug-likeness (QED) is 0.0296. The van der Waals surface area contributed by atoms with E-state index in [4.69, 9.17) is 118 Å². The van der Waals surface area contributed by atoms with Crippen LogP contribution in [0.3, 0.4) is 0 Å². The van der Waals surface area contributed by atoms with Crippen molar-refractivity contribution in [3.63, 3.8) is 0 Å². The Morgan fingerprint density at radius 2 is 0.931 bits per heavy atom. The number of nitrogens with zero attached hydrogens (tertiary/aromatic N) is 2. The van der Waals surface area contributed by atoms with Gasteiger partial charge in [0.1, 0.15) is 15.8 Å². The van der Waals surface area contributed by atoms with Crippen LogP contribution in [0.4, 0.5) is 0 Å². The Morgan fingerprint density at radius 1 is 0.505 bits per heavy atom. The molecule has 554 valence electrons. The normalized spacial score (nSPS) is 12.2. The number of methoxy groups -OCH3 is 1. The van der Waals surface area contributed by atoms with Gasteiger partial charge in [0.2, 0.25) is 4.38 Å². The zero-order valence-corrected chi connectivity index (χ0v) is 74.7. The van der Waals surface area contributed by atoms with Gasteiger partial charge in [0.15, 0.2) is 0 Å². The molecule has 25 heteroatoms. The summed E-state index contributed by atoms with van der Waals surface area (Å²) in [6.07, 6.45) is 6.71. The highest BCUT2D eigenvalue weighted by atomic mass is 32.2. The molecule has 0 radical (unpaired) electrons. The molecule has 4 unspecified atom stereocenters. The predicted octanol–water partition coefficient (Wildman–Crippen LogP) is 26.5. The predicted molar refractivity (Wildman–Crippen MR) is 492 cm³/mol. The molecule has 0 aliphatic rings. The van der Waals surface area contributed by atoms with Crippen LogP contribution in [0.25, 0.3) is 9.69 Å². The van der Waals surface area contributed by atoms with Crippen molar-refractivity contribution in [2.45, 2.75) is 184 Å². The second-order valence-corrected chi connectivity index (χ2v) is 42.9. The number of ether oxygens (including phenoxy) is 2. The first kappa shape index (κ1) is 101. The summed E-state index contributed by atoms with van der Waals surface area (Å²) in [6.45, 7) is 44.5. The molecule has 0 heterocycles. The molecule has 0 aliphatic carbocycles. The SMILES string of the molecule is CC(C)(C)SC(=S)c1ccccc1.CC(C)(SC(=S)c1ccccc1)c1ccccc1.CCCCSC(=S)SC(C)C(=O)O.CCCSC(=S)SCc1ccccc1.CCOC(=S)SC(C)COC.[C-]#[N+]C(C)(CCC(=O)O)SC(=S)SCCC.[C-]#[N+]C(C)(CCC)SC(=S)c1ccccc1. The lowest BCUT2D eigenvalue weighted by Gasteiger charge is -2.25. The van der Waals surface area contributed by atoms with Gasteiger partial charge in [0.05, 0.1) is 32.2 Å². The number of hydrogen-bond acceptors (Lipinski definition) is 21. The van der Waals surface area contributed by atoms with E-state index in [0.717, 1.165) is 95.0 Å². The molecule has 0 aromatic heterocycles. The highest BCUT2D eigenvalue weighted by Crippen LogP contribution is 2.39. The minimum Gasteiger partial charge on any atom is -0.481 e. The van der Waals surface area contributed by atoms with Gasteiger partial charge in [-0.15, -0.1) is 70.6 Å². The summed E-state index contributed by atoms with van der Waals surface area (Å²) in [5.41, 5.74) is 5.96. The Balaban J connectivity index is 0. The number of hydrogen-bond donors (Lipinski definition) is 2. The van der Waals surface area contributed by atoms with E-state index >= 15 is 0 Å². The van der Waals surface area contributed by atoms with Gasteiger partial charge in [0.25, 0.3) is 9.74 Å². The third-order valence-electron chi connectivity index (χ3n) is 12.2. The Labute approximate surface area is 688 Å². The summed E-state index contributed by atoms with van der Waals surface area (Å²) in [5.74, 6) is 2.40.